The molecule has 0 aliphatic rings. The lowest BCUT2D eigenvalue weighted by atomic mass is 10.2. The van der Waals surface area contributed by atoms with Gasteiger partial charge in [-0.05, 0) is 67.6 Å². The number of rotatable bonds is 10. The van der Waals surface area contributed by atoms with Crippen LogP contribution >= 0.6 is 11.8 Å². The van der Waals surface area contributed by atoms with Crippen molar-refractivity contribution in [3.63, 3.8) is 0 Å². The zero-order valence-corrected chi connectivity index (χ0v) is 18.1. The van der Waals surface area contributed by atoms with Crippen LogP contribution in [0.4, 0.5) is 22.7 Å². The molecule has 3 rings (SSSR count). The van der Waals surface area contributed by atoms with E-state index in [2.05, 4.69) is 16.0 Å². The molecule has 0 aromatic heterocycles. The second-order valence-electron chi connectivity index (χ2n) is 6.61. The van der Waals surface area contributed by atoms with Crippen molar-refractivity contribution in [3.8, 4) is 5.75 Å². The number of carbonyl (C=O) groups excluding carboxylic acids is 2. The van der Waals surface area contributed by atoms with Gasteiger partial charge in [-0.1, -0.05) is 18.2 Å². The number of benzene rings is 3. The third kappa shape index (κ3) is 7.71. The fourth-order valence-electron chi connectivity index (χ4n) is 2.76. The van der Waals surface area contributed by atoms with E-state index in [-0.39, 0.29) is 23.3 Å². The SMILES string of the molecule is CCOc1ccc(NC(=O)CSCC(=O)Nc2ccc(Nc3ccccc3)cc2)cc1. The molecule has 0 fully saturated rings. The van der Waals surface area contributed by atoms with Gasteiger partial charge in [0.25, 0.3) is 0 Å². The van der Waals surface area contributed by atoms with E-state index in [1.54, 1.807) is 24.3 Å². The Morgan fingerprint density at radius 3 is 1.74 bits per heavy atom. The molecule has 0 aliphatic carbocycles. The fourth-order valence-corrected chi connectivity index (χ4v) is 3.37. The Kier molecular flexibility index (Phi) is 8.37. The Morgan fingerprint density at radius 1 is 0.710 bits per heavy atom. The zero-order chi connectivity index (χ0) is 21.9. The van der Waals surface area contributed by atoms with Crippen molar-refractivity contribution >= 4 is 46.3 Å². The van der Waals surface area contributed by atoms with E-state index in [4.69, 9.17) is 4.74 Å². The summed E-state index contributed by atoms with van der Waals surface area (Å²) in [5.41, 5.74) is 3.34. The molecule has 0 radical (unpaired) electrons. The average molecular weight is 436 g/mol. The van der Waals surface area contributed by atoms with Crippen LogP contribution in [0.25, 0.3) is 0 Å². The van der Waals surface area contributed by atoms with Crippen molar-refractivity contribution in [2.24, 2.45) is 0 Å². The molecule has 0 heterocycles. The zero-order valence-electron chi connectivity index (χ0n) is 17.3. The second kappa shape index (κ2) is 11.7. The van der Waals surface area contributed by atoms with Crippen LogP contribution in [-0.2, 0) is 9.59 Å². The van der Waals surface area contributed by atoms with Gasteiger partial charge < -0.3 is 20.7 Å². The fraction of sp³-hybridized carbons (Fsp3) is 0.167. The molecule has 0 spiro atoms. The molecule has 0 saturated heterocycles. The van der Waals surface area contributed by atoms with Gasteiger partial charge >= 0.3 is 0 Å². The summed E-state index contributed by atoms with van der Waals surface area (Å²) in [7, 11) is 0. The maximum absolute atomic E-state index is 12.1. The average Bonchev–Trinajstić information content (AvgIpc) is 2.77. The van der Waals surface area contributed by atoms with E-state index < -0.39 is 0 Å². The van der Waals surface area contributed by atoms with Crippen molar-refractivity contribution in [1.29, 1.82) is 0 Å². The molecular weight excluding hydrogens is 410 g/mol. The second-order valence-corrected chi connectivity index (χ2v) is 7.60. The van der Waals surface area contributed by atoms with Crippen molar-refractivity contribution in [2.45, 2.75) is 6.92 Å². The van der Waals surface area contributed by atoms with Crippen molar-refractivity contribution in [3.05, 3.63) is 78.9 Å². The number of para-hydroxylation sites is 1. The highest BCUT2D eigenvalue weighted by atomic mass is 32.2. The summed E-state index contributed by atoms with van der Waals surface area (Å²) in [5, 5.41) is 8.94. The molecule has 2 amide bonds. The molecule has 3 aromatic rings. The van der Waals surface area contributed by atoms with Gasteiger partial charge in [-0.15, -0.1) is 11.8 Å². The number of amides is 2. The van der Waals surface area contributed by atoms with Crippen LogP contribution < -0.4 is 20.7 Å². The maximum Gasteiger partial charge on any atom is 0.234 e. The maximum atomic E-state index is 12.1. The lowest BCUT2D eigenvalue weighted by molar-refractivity contribution is -0.114. The van der Waals surface area contributed by atoms with Gasteiger partial charge in [0, 0.05) is 22.7 Å². The molecule has 0 bridgehead atoms. The van der Waals surface area contributed by atoms with Crippen LogP contribution in [0.15, 0.2) is 78.9 Å². The predicted octanol–water partition coefficient (Wildman–Crippen LogP) is 5.14. The van der Waals surface area contributed by atoms with E-state index in [1.807, 2.05) is 61.5 Å². The molecule has 0 saturated carbocycles. The van der Waals surface area contributed by atoms with E-state index in [0.29, 0.717) is 18.0 Å². The monoisotopic (exact) mass is 435 g/mol. The van der Waals surface area contributed by atoms with E-state index in [9.17, 15) is 9.59 Å². The quantitative estimate of drug-likeness (QED) is 0.411. The van der Waals surface area contributed by atoms with Gasteiger partial charge in [0.15, 0.2) is 0 Å². The lowest BCUT2D eigenvalue weighted by Crippen LogP contribution is -2.18. The van der Waals surface area contributed by atoms with Crippen LogP contribution in [0, 0.1) is 0 Å². The number of ether oxygens (including phenoxy) is 1. The number of thioether (sulfide) groups is 1. The smallest absolute Gasteiger partial charge is 0.234 e. The minimum Gasteiger partial charge on any atom is -0.494 e. The van der Waals surface area contributed by atoms with Crippen LogP contribution in [0.3, 0.4) is 0 Å². The van der Waals surface area contributed by atoms with Gasteiger partial charge in [-0.25, -0.2) is 0 Å². The Bertz CT molecular complexity index is 977. The van der Waals surface area contributed by atoms with E-state index >= 15 is 0 Å². The topological polar surface area (TPSA) is 79.5 Å². The standard InChI is InChI=1S/C24H25N3O3S/c1-2-30-22-14-12-21(13-15-22)27-24(29)17-31-16-23(28)26-20-10-8-19(9-11-20)25-18-6-4-3-5-7-18/h3-15,25H,2,16-17H2,1H3,(H,26,28)(H,27,29). The van der Waals surface area contributed by atoms with Crippen molar-refractivity contribution in [2.75, 3.05) is 34.1 Å². The number of carbonyl (C=O) groups is 2. The summed E-state index contributed by atoms with van der Waals surface area (Å²) in [6.07, 6.45) is 0. The molecule has 0 unspecified atom stereocenters. The summed E-state index contributed by atoms with van der Waals surface area (Å²) in [6.45, 7) is 2.51. The first kappa shape index (κ1) is 22.2. The molecule has 3 aromatic carbocycles. The third-order valence-electron chi connectivity index (χ3n) is 4.15. The molecule has 0 aliphatic heterocycles. The van der Waals surface area contributed by atoms with Crippen molar-refractivity contribution in [1.82, 2.24) is 0 Å². The third-order valence-corrected chi connectivity index (χ3v) is 5.08. The van der Waals surface area contributed by atoms with Crippen LogP contribution in [0.2, 0.25) is 0 Å². The van der Waals surface area contributed by atoms with Gasteiger partial charge in [-0.2, -0.15) is 0 Å². The summed E-state index contributed by atoms with van der Waals surface area (Å²) in [6, 6.07) is 24.5. The Labute approximate surface area is 186 Å². The summed E-state index contributed by atoms with van der Waals surface area (Å²) in [5.74, 6) is 0.845. The summed E-state index contributed by atoms with van der Waals surface area (Å²) >= 11 is 1.26. The first-order valence-corrected chi connectivity index (χ1v) is 11.1. The van der Waals surface area contributed by atoms with E-state index in [1.165, 1.54) is 11.8 Å². The molecular formula is C24H25N3O3S. The largest absolute Gasteiger partial charge is 0.494 e. The van der Waals surface area contributed by atoms with Gasteiger partial charge in [0.1, 0.15) is 5.75 Å². The predicted molar refractivity (Wildman–Crippen MR) is 128 cm³/mol. The number of hydrogen-bond donors (Lipinski definition) is 3. The molecule has 7 heteroatoms. The van der Waals surface area contributed by atoms with Gasteiger partial charge in [0.05, 0.1) is 18.1 Å². The highest BCUT2D eigenvalue weighted by Crippen LogP contribution is 2.19. The molecule has 6 nitrogen and oxygen atoms in total. The first-order valence-electron chi connectivity index (χ1n) is 9.95. The minimum absolute atomic E-state index is 0.150. The minimum atomic E-state index is -0.154. The summed E-state index contributed by atoms with van der Waals surface area (Å²) < 4.78 is 5.37. The van der Waals surface area contributed by atoms with Crippen LogP contribution in [0.5, 0.6) is 5.75 Å². The first-order chi connectivity index (χ1) is 15.1. The Balaban J connectivity index is 1.37. The van der Waals surface area contributed by atoms with Crippen LogP contribution in [-0.4, -0.2) is 29.9 Å². The number of nitrogens with one attached hydrogen (secondary N) is 3. The highest BCUT2D eigenvalue weighted by molar-refractivity contribution is 8.00. The number of hydrogen-bond acceptors (Lipinski definition) is 5. The molecule has 31 heavy (non-hydrogen) atoms. The van der Waals surface area contributed by atoms with Crippen molar-refractivity contribution < 1.29 is 14.3 Å². The van der Waals surface area contributed by atoms with Gasteiger partial charge in [-0.3, -0.25) is 9.59 Å². The lowest BCUT2D eigenvalue weighted by Gasteiger charge is -2.09. The molecule has 160 valence electrons. The molecule has 0 atom stereocenters. The van der Waals surface area contributed by atoms with Crippen LogP contribution in [0.1, 0.15) is 6.92 Å². The number of anilines is 4. The normalized spacial score (nSPS) is 10.2. The Morgan fingerprint density at radius 2 is 1.19 bits per heavy atom. The Hall–Kier alpha value is -3.45. The molecule has 3 N–H and O–H groups in total. The highest BCUT2D eigenvalue weighted by Gasteiger charge is 2.07. The van der Waals surface area contributed by atoms with E-state index in [0.717, 1.165) is 17.1 Å². The summed E-state index contributed by atoms with van der Waals surface area (Å²) in [4.78, 5) is 24.2. The van der Waals surface area contributed by atoms with Gasteiger partial charge in [0.2, 0.25) is 11.8 Å².